The first-order valence-electron chi connectivity index (χ1n) is 7.29. The number of urea groups is 1. The highest BCUT2D eigenvalue weighted by atomic mass is 16.5. The standard InChI is InChI=1S/C15H22N4O3/c1-22-12-9-10(5-6-11(12)19-14(16)21)18-13(20)15(17)7-3-2-4-8-15/h5-6,9H,2-4,7-8,17H2,1H3,(H,18,20)(H3,16,19,21). The van der Waals surface area contributed by atoms with Gasteiger partial charge in [0.15, 0.2) is 0 Å². The molecule has 120 valence electrons. The third-order valence-electron chi connectivity index (χ3n) is 3.92. The predicted molar refractivity (Wildman–Crippen MR) is 84.8 cm³/mol. The molecule has 0 aromatic heterocycles. The first-order chi connectivity index (χ1) is 10.4. The Kier molecular flexibility index (Phi) is 4.87. The molecule has 7 heteroatoms. The number of nitrogens with two attached hydrogens (primary N) is 2. The number of carbonyl (C=O) groups is 2. The SMILES string of the molecule is COc1cc(NC(=O)C2(N)CCCCC2)ccc1NC(N)=O. The third-order valence-corrected chi connectivity index (χ3v) is 3.92. The van der Waals surface area contributed by atoms with Crippen molar-refractivity contribution in [1.82, 2.24) is 0 Å². The van der Waals surface area contributed by atoms with Gasteiger partial charge in [-0.05, 0) is 25.0 Å². The highest BCUT2D eigenvalue weighted by Crippen LogP contribution is 2.30. The number of methoxy groups -OCH3 is 1. The van der Waals surface area contributed by atoms with Crippen LogP contribution in [0.3, 0.4) is 0 Å². The van der Waals surface area contributed by atoms with Gasteiger partial charge in [0, 0.05) is 11.8 Å². The van der Waals surface area contributed by atoms with Crippen molar-refractivity contribution in [3.63, 3.8) is 0 Å². The van der Waals surface area contributed by atoms with Gasteiger partial charge in [0.05, 0.1) is 18.3 Å². The van der Waals surface area contributed by atoms with Gasteiger partial charge >= 0.3 is 6.03 Å². The van der Waals surface area contributed by atoms with E-state index in [-0.39, 0.29) is 5.91 Å². The summed E-state index contributed by atoms with van der Waals surface area (Å²) in [5.74, 6) is 0.219. The van der Waals surface area contributed by atoms with Crippen LogP contribution >= 0.6 is 0 Å². The molecule has 0 atom stereocenters. The third kappa shape index (κ3) is 3.67. The second-order valence-corrected chi connectivity index (χ2v) is 5.58. The Morgan fingerprint density at radius 1 is 1.18 bits per heavy atom. The molecule has 0 heterocycles. The van der Waals surface area contributed by atoms with Crippen LogP contribution in [-0.2, 0) is 4.79 Å². The van der Waals surface area contributed by atoms with E-state index in [1.165, 1.54) is 7.11 Å². The summed E-state index contributed by atoms with van der Waals surface area (Å²) < 4.78 is 5.19. The molecule has 0 aliphatic heterocycles. The van der Waals surface area contributed by atoms with Crippen LogP contribution in [0.1, 0.15) is 32.1 Å². The Bertz CT molecular complexity index is 568. The molecule has 6 N–H and O–H groups in total. The van der Waals surface area contributed by atoms with Crippen LogP contribution in [0.15, 0.2) is 18.2 Å². The van der Waals surface area contributed by atoms with E-state index in [4.69, 9.17) is 16.2 Å². The van der Waals surface area contributed by atoms with Gasteiger partial charge in [-0.2, -0.15) is 0 Å². The quantitative estimate of drug-likeness (QED) is 0.677. The summed E-state index contributed by atoms with van der Waals surface area (Å²) in [5, 5.41) is 5.27. The van der Waals surface area contributed by atoms with E-state index >= 15 is 0 Å². The van der Waals surface area contributed by atoms with E-state index < -0.39 is 11.6 Å². The van der Waals surface area contributed by atoms with Crippen LogP contribution in [0.2, 0.25) is 0 Å². The van der Waals surface area contributed by atoms with Crippen LogP contribution in [0, 0.1) is 0 Å². The van der Waals surface area contributed by atoms with Gasteiger partial charge in [-0.25, -0.2) is 4.79 Å². The smallest absolute Gasteiger partial charge is 0.316 e. The summed E-state index contributed by atoms with van der Waals surface area (Å²) in [4.78, 5) is 23.3. The minimum Gasteiger partial charge on any atom is -0.494 e. The van der Waals surface area contributed by atoms with Gasteiger partial charge in [-0.3, -0.25) is 4.79 Å². The fourth-order valence-corrected chi connectivity index (χ4v) is 2.67. The maximum Gasteiger partial charge on any atom is 0.316 e. The van der Waals surface area contributed by atoms with Crippen LogP contribution in [-0.4, -0.2) is 24.6 Å². The van der Waals surface area contributed by atoms with Crippen molar-refractivity contribution in [3.8, 4) is 5.75 Å². The second-order valence-electron chi connectivity index (χ2n) is 5.58. The molecule has 22 heavy (non-hydrogen) atoms. The van der Waals surface area contributed by atoms with E-state index in [1.807, 2.05) is 0 Å². The zero-order valence-corrected chi connectivity index (χ0v) is 12.6. The van der Waals surface area contributed by atoms with Crippen molar-refractivity contribution < 1.29 is 14.3 Å². The van der Waals surface area contributed by atoms with Crippen LogP contribution in [0.4, 0.5) is 16.2 Å². The van der Waals surface area contributed by atoms with Gasteiger partial charge in [-0.15, -0.1) is 0 Å². The average Bonchev–Trinajstić information content (AvgIpc) is 2.49. The summed E-state index contributed by atoms with van der Waals surface area (Å²) in [6, 6.07) is 4.22. The molecular formula is C15H22N4O3. The first kappa shape index (κ1) is 16.1. The highest BCUT2D eigenvalue weighted by Gasteiger charge is 2.35. The lowest BCUT2D eigenvalue weighted by atomic mass is 9.82. The lowest BCUT2D eigenvalue weighted by Crippen LogP contribution is -2.52. The first-order valence-corrected chi connectivity index (χ1v) is 7.29. The molecule has 0 radical (unpaired) electrons. The fourth-order valence-electron chi connectivity index (χ4n) is 2.67. The summed E-state index contributed by atoms with van der Waals surface area (Å²) in [6.07, 6.45) is 4.44. The van der Waals surface area contributed by atoms with Gasteiger partial charge in [0.2, 0.25) is 5.91 Å². The predicted octanol–water partition coefficient (Wildman–Crippen LogP) is 1.79. The fraction of sp³-hybridized carbons (Fsp3) is 0.467. The van der Waals surface area contributed by atoms with Crippen molar-refractivity contribution >= 4 is 23.3 Å². The van der Waals surface area contributed by atoms with E-state index in [0.29, 0.717) is 30.0 Å². The van der Waals surface area contributed by atoms with E-state index in [0.717, 1.165) is 19.3 Å². The topological polar surface area (TPSA) is 119 Å². The number of hydrogen-bond acceptors (Lipinski definition) is 4. The summed E-state index contributed by atoms with van der Waals surface area (Å²) in [6.45, 7) is 0. The number of amides is 3. The molecule has 7 nitrogen and oxygen atoms in total. The number of ether oxygens (including phenoxy) is 1. The van der Waals surface area contributed by atoms with E-state index in [9.17, 15) is 9.59 Å². The van der Waals surface area contributed by atoms with Gasteiger partial charge in [-0.1, -0.05) is 19.3 Å². The second kappa shape index (κ2) is 6.65. The number of benzene rings is 1. The molecule has 1 aromatic rings. The van der Waals surface area contributed by atoms with E-state index in [1.54, 1.807) is 18.2 Å². The zero-order chi connectivity index (χ0) is 16.2. The lowest BCUT2D eigenvalue weighted by molar-refractivity contribution is -0.122. The van der Waals surface area contributed by atoms with Gasteiger partial charge in [0.25, 0.3) is 0 Å². The van der Waals surface area contributed by atoms with Crippen molar-refractivity contribution in [2.24, 2.45) is 11.5 Å². The Labute approximate surface area is 129 Å². The number of anilines is 2. The minimum atomic E-state index is -0.810. The molecule has 1 aliphatic carbocycles. The van der Waals surface area contributed by atoms with Crippen LogP contribution < -0.4 is 26.8 Å². The highest BCUT2D eigenvalue weighted by molar-refractivity contribution is 5.98. The number of primary amides is 1. The molecule has 1 saturated carbocycles. The lowest BCUT2D eigenvalue weighted by Gasteiger charge is -2.31. The normalized spacial score (nSPS) is 16.6. The van der Waals surface area contributed by atoms with Crippen molar-refractivity contribution in [2.75, 3.05) is 17.7 Å². The van der Waals surface area contributed by atoms with Crippen molar-refractivity contribution in [1.29, 1.82) is 0 Å². The van der Waals surface area contributed by atoms with E-state index in [2.05, 4.69) is 10.6 Å². The molecule has 0 saturated heterocycles. The molecule has 2 rings (SSSR count). The van der Waals surface area contributed by atoms with Crippen molar-refractivity contribution in [3.05, 3.63) is 18.2 Å². The summed E-state index contributed by atoms with van der Waals surface area (Å²) in [7, 11) is 1.47. The van der Waals surface area contributed by atoms with Gasteiger partial charge < -0.3 is 26.8 Å². The number of rotatable bonds is 4. The number of hydrogen-bond donors (Lipinski definition) is 4. The molecule has 0 bridgehead atoms. The Balaban J connectivity index is 2.12. The molecule has 0 unspecified atom stereocenters. The monoisotopic (exact) mass is 306 g/mol. The van der Waals surface area contributed by atoms with Crippen LogP contribution in [0.25, 0.3) is 0 Å². The van der Waals surface area contributed by atoms with Gasteiger partial charge in [0.1, 0.15) is 5.75 Å². The van der Waals surface area contributed by atoms with Crippen LogP contribution in [0.5, 0.6) is 5.75 Å². The molecule has 1 aliphatic rings. The number of nitrogens with one attached hydrogen (secondary N) is 2. The molecule has 0 spiro atoms. The van der Waals surface area contributed by atoms with Crippen molar-refractivity contribution in [2.45, 2.75) is 37.6 Å². The molecule has 1 aromatic carbocycles. The molecule has 1 fully saturated rings. The Morgan fingerprint density at radius 2 is 1.86 bits per heavy atom. The maximum atomic E-state index is 12.4. The molecular weight excluding hydrogens is 284 g/mol. The summed E-state index contributed by atoms with van der Waals surface area (Å²) >= 11 is 0. The summed E-state index contributed by atoms with van der Waals surface area (Å²) in [5.41, 5.74) is 11.5. The maximum absolute atomic E-state index is 12.4. The Morgan fingerprint density at radius 3 is 2.45 bits per heavy atom. The zero-order valence-electron chi connectivity index (χ0n) is 12.6. The number of carbonyl (C=O) groups excluding carboxylic acids is 2. The minimum absolute atomic E-state index is 0.190. The molecule has 3 amide bonds. The Hall–Kier alpha value is -2.28. The largest absolute Gasteiger partial charge is 0.494 e. The average molecular weight is 306 g/mol.